The molecule has 1 aliphatic heterocycles. The predicted octanol–water partition coefficient (Wildman–Crippen LogP) is 9.17. The molecule has 260 valence electrons. The number of carboxylic acid groups (broad SMARTS) is 1. The SMILES string of the molecule is CC(C)c1ccc(CO[C@H]2CN(C(=O)O)C[C@@H](OCc3ccc(C(C)C)cc3)C2c2ccc(OCCCOCc3ccccc3)cc2)cc1. The summed E-state index contributed by atoms with van der Waals surface area (Å²) in [5.74, 6) is 1.49. The van der Waals surface area contributed by atoms with Crippen molar-refractivity contribution in [3.63, 3.8) is 0 Å². The maximum absolute atomic E-state index is 12.3. The largest absolute Gasteiger partial charge is 0.494 e. The average Bonchev–Trinajstić information content (AvgIpc) is 3.12. The average molecular weight is 666 g/mol. The Balaban J connectivity index is 1.27. The highest BCUT2D eigenvalue weighted by atomic mass is 16.5. The first-order valence-corrected chi connectivity index (χ1v) is 17.5. The monoisotopic (exact) mass is 665 g/mol. The Morgan fingerprint density at radius 2 is 1.18 bits per heavy atom. The summed E-state index contributed by atoms with van der Waals surface area (Å²) in [6.07, 6.45) is -1.00. The molecule has 0 saturated carbocycles. The molecule has 4 aromatic rings. The highest BCUT2D eigenvalue weighted by molar-refractivity contribution is 5.65. The number of rotatable bonds is 16. The fourth-order valence-corrected chi connectivity index (χ4v) is 6.18. The van der Waals surface area contributed by atoms with Crippen molar-refractivity contribution in [1.82, 2.24) is 4.90 Å². The number of ether oxygens (including phenoxy) is 4. The molecular formula is C42H51NO6. The molecule has 7 nitrogen and oxygen atoms in total. The molecule has 49 heavy (non-hydrogen) atoms. The maximum Gasteiger partial charge on any atom is 0.407 e. The lowest BCUT2D eigenvalue weighted by atomic mass is 9.84. The van der Waals surface area contributed by atoms with Crippen LogP contribution in [0.3, 0.4) is 0 Å². The fourth-order valence-electron chi connectivity index (χ4n) is 6.18. The lowest BCUT2D eigenvalue weighted by Crippen LogP contribution is -2.54. The van der Waals surface area contributed by atoms with E-state index >= 15 is 0 Å². The van der Waals surface area contributed by atoms with Gasteiger partial charge in [0.25, 0.3) is 0 Å². The van der Waals surface area contributed by atoms with E-state index < -0.39 is 18.3 Å². The summed E-state index contributed by atoms with van der Waals surface area (Å²) in [6.45, 7) is 11.7. The summed E-state index contributed by atoms with van der Waals surface area (Å²) in [7, 11) is 0. The van der Waals surface area contributed by atoms with E-state index in [0.29, 0.717) is 44.9 Å². The molecule has 3 atom stereocenters. The van der Waals surface area contributed by atoms with Crippen molar-refractivity contribution >= 4 is 6.09 Å². The van der Waals surface area contributed by atoms with Gasteiger partial charge in [-0.1, -0.05) is 119 Å². The summed E-state index contributed by atoms with van der Waals surface area (Å²) < 4.78 is 25.0. The number of carbonyl (C=O) groups is 1. The molecule has 1 unspecified atom stereocenters. The minimum Gasteiger partial charge on any atom is -0.494 e. The number of piperidine rings is 1. The Morgan fingerprint density at radius 3 is 1.67 bits per heavy atom. The number of nitrogens with zero attached hydrogens (tertiary/aromatic N) is 1. The number of benzene rings is 4. The summed E-state index contributed by atoms with van der Waals surface area (Å²) in [6, 6.07) is 35.1. The molecule has 5 rings (SSSR count). The van der Waals surface area contributed by atoms with Crippen LogP contribution in [0.15, 0.2) is 103 Å². The topological polar surface area (TPSA) is 77.5 Å². The minimum absolute atomic E-state index is 0.180. The first-order chi connectivity index (χ1) is 23.8. The zero-order chi connectivity index (χ0) is 34.6. The highest BCUT2D eigenvalue weighted by Crippen LogP contribution is 2.35. The molecule has 7 heteroatoms. The molecule has 1 aliphatic rings. The van der Waals surface area contributed by atoms with Gasteiger partial charge in [-0.3, -0.25) is 0 Å². The predicted molar refractivity (Wildman–Crippen MR) is 193 cm³/mol. The quantitative estimate of drug-likeness (QED) is 0.120. The number of hydrogen-bond donors (Lipinski definition) is 1. The molecule has 1 heterocycles. The van der Waals surface area contributed by atoms with E-state index in [1.54, 1.807) is 0 Å². The van der Waals surface area contributed by atoms with Gasteiger partial charge in [0.15, 0.2) is 0 Å². The van der Waals surface area contributed by atoms with Crippen LogP contribution in [-0.2, 0) is 34.0 Å². The van der Waals surface area contributed by atoms with E-state index in [1.165, 1.54) is 16.0 Å². The van der Waals surface area contributed by atoms with Gasteiger partial charge in [-0.2, -0.15) is 0 Å². The van der Waals surface area contributed by atoms with Crippen LogP contribution in [0.25, 0.3) is 0 Å². The summed E-state index contributed by atoms with van der Waals surface area (Å²) >= 11 is 0. The third-order valence-electron chi connectivity index (χ3n) is 9.17. The van der Waals surface area contributed by atoms with E-state index in [-0.39, 0.29) is 19.0 Å². The standard InChI is InChI=1S/C42H51NO6/c1-30(2)35-15-11-33(12-16-35)28-48-39-25-43(42(44)45)26-40(49-29-34-13-17-36(18-14-34)31(3)4)41(39)37-19-21-38(22-20-37)47-24-8-23-46-27-32-9-6-5-7-10-32/h5-7,9-22,30-31,39-41H,8,23-29H2,1-4H3,(H,44,45)/t39-,40+,41?. The van der Waals surface area contributed by atoms with Crippen LogP contribution < -0.4 is 4.74 Å². The minimum atomic E-state index is -0.972. The first-order valence-electron chi connectivity index (χ1n) is 17.5. The third-order valence-corrected chi connectivity index (χ3v) is 9.17. The van der Waals surface area contributed by atoms with E-state index in [9.17, 15) is 9.90 Å². The number of likely N-dealkylation sites (tertiary alicyclic amines) is 1. The van der Waals surface area contributed by atoms with Crippen molar-refractivity contribution in [2.24, 2.45) is 0 Å². The van der Waals surface area contributed by atoms with Gasteiger partial charge in [0, 0.05) is 12.3 Å². The van der Waals surface area contributed by atoms with Crippen LogP contribution >= 0.6 is 0 Å². The van der Waals surface area contributed by atoms with E-state index in [0.717, 1.165) is 34.4 Å². The van der Waals surface area contributed by atoms with Gasteiger partial charge in [-0.25, -0.2) is 4.79 Å². The summed E-state index contributed by atoms with van der Waals surface area (Å²) in [4.78, 5) is 13.7. The zero-order valence-corrected chi connectivity index (χ0v) is 29.3. The molecule has 1 amide bonds. The second kappa shape index (κ2) is 18.0. The molecular weight excluding hydrogens is 614 g/mol. The molecule has 0 spiro atoms. The van der Waals surface area contributed by atoms with Crippen LogP contribution in [0, 0.1) is 0 Å². The molecule has 1 N–H and O–H groups in total. The second-order valence-electron chi connectivity index (χ2n) is 13.5. The van der Waals surface area contributed by atoms with Crippen LogP contribution in [0.4, 0.5) is 4.79 Å². The second-order valence-corrected chi connectivity index (χ2v) is 13.5. The van der Waals surface area contributed by atoms with Crippen molar-refractivity contribution in [3.05, 3.63) is 137 Å². The van der Waals surface area contributed by atoms with Crippen molar-refractivity contribution < 1.29 is 28.8 Å². The van der Waals surface area contributed by atoms with Crippen molar-refractivity contribution in [3.8, 4) is 5.75 Å². The van der Waals surface area contributed by atoms with Crippen LogP contribution in [0.5, 0.6) is 5.75 Å². The summed E-state index contributed by atoms with van der Waals surface area (Å²) in [5, 5.41) is 10.1. The van der Waals surface area contributed by atoms with Gasteiger partial charge in [-0.05, 0) is 57.3 Å². The lowest BCUT2D eigenvalue weighted by molar-refractivity contribution is -0.0937. The lowest BCUT2D eigenvalue weighted by Gasteiger charge is -2.42. The van der Waals surface area contributed by atoms with E-state index in [2.05, 4.69) is 100 Å². The molecule has 1 fully saturated rings. The van der Waals surface area contributed by atoms with Gasteiger partial charge in [0.1, 0.15) is 5.75 Å². The van der Waals surface area contributed by atoms with Gasteiger partial charge in [0.2, 0.25) is 0 Å². The Hall–Kier alpha value is -4.17. The van der Waals surface area contributed by atoms with Crippen LogP contribution in [-0.4, -0.2) is 54.6 Å². The normalized spacial score (nSPS) is 17.8. The number of hydrogen-bond acceptors (Lipinski definition) is 5. The molecule has 0 aliphatic carbocycles. The first kappa shape index (κ1) is 36.1. The zero-order valence-electron chi connectivity index (χ0n) is 29.3. The third kappa shape index (κ3) is 10.7. The molecule has 0 aromatic heterocycles. The Morgan fingerprint density at radius 1 is 0.673 bits per heavy atom. The molecule has 0 radical (unpaired) electrons. The smallest absolute Gasteiger partial charge is 0.407 e. The van der Waals surface area contributed by atoms with Gasteiger partial charge in [0.05, 0.1) is 58.3 Å². The molecule has 4 aromatic carbocycles. The van der Waals surface area contributed by atoms with Gasteiger partial charge in [-0.15, -0.1) is 0 Å². The fraction of sp³-hybridized carbons (Fsp3) is 0.405. The van der Waals surface area contributed by atoms with Crippen molar-refractivity contribution in [2.75, 3.05) is 26.3 Å². The molecule has 0 bridgehead atoms. The Kier molecular flexibility index (Phi) is 13.3. The van der Waals surface area contributed by atoms with Crippen molar-refractivity contribution in [1.29, 1.82) is 0 Å². The van der Waals surface area contributed by atoms with Crippen molar-refractivity contribution in [2.45, 2.75) is 83.9 Å². The Bertz CT molecular complexity index is 1490. The highest BCUT2D eigenvalue weighted by Gasteiger charge is 2.41. The number of amides is 1. The molecule has 1 saturated heterocycles. The van der Waals surface area contributed by atoms with Gasteiger partial charge >= 0.3 is 6.09 Å². The summed E-state index contributed by atoms with van der Waals surface area (Å²) in [5.41, 5.74) is 6.83. The van der Waals surface area contributed by atoms with Crippen LogP contribution in [0.2, 0.25) is 0 Å². The van der Waals surface area contributed by atoms with Gasteiger partial charge < -0.3 is 29.0 Å². The Labute approximate surface area is 291 Å². The van der Waals surface area contributed by atoms with E-state index in [4.69, 9.17) is 18.9 Å². The van der Waals surface area contributed by atoms with E-state index in [1.807, 2.05) is 30.3 Å². The van der Waals surface area contributed by atoms with Crippen LogP contribution in [0.1, 0.15) is 85.3 Å². The maximum atomic E-state index is 12.3.